The molecule has 2 aromatic rings. The van der Waals surface area contributed by atoms with Crippen LogP contribution in [0.1, 0.15) is 18.4 Å². The van der Waals surface area contributed by atoms with E-state index < -0.39 is 12.1 Å². The molecule has 1 saturated heterocycles. The number of fused-ring (bicyclic) bond motifs is 1. The van der Waals surface area contributed by atoms with Crippen molar-refractivity contribution in [3.8, 4) is 0 Å². The molecule has 7 nitrogen and oxygen atoms in total. The quantitative estimate of drug-likeness (QED) is 0.868. The van der Waals surface area contributed by atoms with Crippen LogP contribution < -0.4 is 5.32 Å². The first-order chi connectivity index (χ1) is 9.63. The van der Waals surface area contributed by atoms with Gasteiger partial charge in [0.25, 0.3) is 0 Å². The summed E-state index contributed by atoms with van der Waals surface area (Å²) in [6, 6.07) is 3.93. The molecule has 2 aromatic heterocycles. The van der Waals surface area contributed by atoms with Gasteiger partial charge in [-0.05, 0) is 37.5 Å². The van der Waals surface area contributed by atoms with Crippen LogP contribution in [0.4, 0.5) is 5.82 Å². The first kappa shape index (κ1) is 12.9. The number of hydrogen-bond acceptors (Lipinski definition) is 5. The summed E-state index contributed by atoms with van der Waals surface area (Å²) in [5.41, 5.74) is 1.87. The lowest BCUT2D eigenvalue weighted by Gasteiger charge is -2.14. The van der Waals surface area contributed by atoms with Gasteiger partial charge < -0.3 is 15.2 Å². The number of hydrogen-bond donors (Lipinski definition) is 2. The van der Waals surface area contributed by atoms with E-state index in [0.717, 1.165) is 23.4 Å². The van der Waals surface area contributed by atoms with E-state index in [4.69, 9.17) is 9.84 Å². The zero-order valence-electron chi connectivity index (χ0n) is 11.1. The molecular formula is C13H16N4O3. The van der Waals surface area contributed by atoms with E-state index in [1.807, 2.05) is 19.1 Å². The third-order valence-electron chi connectivity index (χ3n) is 3.42. The fourth-order valence-corrected chi connectivity index (χ4v) is 2.44. The van der Waals surface area contributed by atoms with Crippen molar-refractivity contribution in [1.82, 2.24) is 14.6 Å². The van der Waals surface area contributed by atoms with Crippen LogP contribution in [0.2, 0.25) is 0 Å². The van der Waals surface area contributed by atoms with Gasteiger partial charge in [0.05, 0.1) is 6.10 Å². The highest BCUT2D eigenvalue weighted by molar-refractivity contribution is 5.72. The molecule has 0 saturated carbocycles. The van der Waals surface area contributed by atoms with E-state index in [2.05, 4.69) is 15.4 Å². The molecule has 106 valence electrons. The van der Waals surface area contributed by atoms with Gasteiger partial charge in [-0.1, -0.05) is 0 Å². The van der Waals surface area contributed by atoms with Crippen LogP contribution in [0.3, 0.4) is 0 Å². The minimum absolute atomic E-state index is 0.0878. The topological polar surface area (TPSA) is 88.8 Å². The second kappa shape index (κ2) is 5.09. The number of aryl methyl sites for hydroxylation is 1. The van der Waals surface area contributed by atoms with Crippen LogP contribution in [0, 0.1) is 6.92 Å². The molecule has 0 radical (unpaired) electrons. The van der Waals surface area contributed by atoms with Crippen LogP contribution in [0.25, 0.3) is 5.65 Å². The number of carboxylic acid groups (broad SMARTS) is 1. The number of nitrogens with zero attached hydrogens (tertiary/aromatic N) is 3. The molecule has 0 bridgehead atoms. The van der Waals surface area contributed by atoms with Gasteiger partial charge in [-0.25, -0.2) is 9.78 Å². The number of anilines is 1. The van der Waals surface area contributed by atoms with Crippen molar-refractivity contribution in [2.75, 3.05) is 11.9 Å². The van der Waals surface area contributed by atoms with Crippen LogP contribution in [-0.4, -0.2) is 44.4 Å². The van der Waals surface area contributed by atoms with Gasteiger partial charge in [0.15, 0.2) is 11.8 Å². The van der Waals surface area contributed by atoms with Crippen LogP contribution in [-0.2, 0) is 9.53 Å². The minimum Gasteiger partial charge on any atom is -0.479 e. The Kier molecular flexibility index (Phi) is 3.27. The van der Waals surface area contributed by atoms with Gasteiger partial charge in [-0.2, -0.15) is 9.61 Å². The third kappa shape index (κ3) is 2.44. The smallest absolute Gasteiger partial charge is 0.332 e. The lowest BCUT2D eigenvalue weighted by Crippen LogP contribution is -2.25. The van der Waals surface area contributed by atoms with E-state index in [0.29, 0.717) is 13.0 Å². The lowest BCUT2D eigenvalue weighted by atomic mass is 10.2. The van der Waals surface area contributed by atoms with Crippen molar-refractivity contribution < 1.29 is 14.6 Å². The van der Waals surface area contributed by atoms with Gasteiger partial charge in [-0.3, -0.25) is 0 Å². The van der Waals surface area contributed by atoms with Gasteiger partial charge in [-0.15, -0.1) is 0 Å². The Labute approximate surface area is 115 Å². The number of aliphatic carboxylic acids is 1. The van der Waals surface area contributed by atoms with Crippen LogP contribution in [0.15, 0.2) is 18.5 Å². The predicted octanol–water partition coefficient (Wildman–Crippen LogP) is 1.08. The molecule has 0 aliphatic carbocycles. The standard InChI is InChI=1S/C13H16N4O3/c1-8-4-11(17-12(5-8)15-7-16-17)14-6-9-2-3-10(20-9)13(18)19/h4-5,7,9-10,14H,2-3,6H2,1H3,(H,18,19). The average molecular weight is 276 g/mol. The molecule has 2 atom stereocenters. The summed E-state index contributed by atoms with van der Waals surface area (Å²) in [6.45, 7) is 2.55. The van der Waals surface area contributed by atoms with Crippen LogP contribution >= 0.6 is 0 Å². The highest BCUT2D eigenvalue weighted by Crippen LogP contribution is 2.21. The number of rotatable bonds is 4. The molecule has 0 amide bonds. The Morgan fingerprint density at radius 3 is 3.15 bits per heavy atom. The summed E-state index contributed by atoms with van der Waals surface area (Å²) in [6.07, 6.45) is 2.05. The number of carboxylic acids is 1. The Morgan fingerprint density at radius 1 is 1.55 bits per heavy atom. The third-order valence-corrected chi connectivity index (χ3v) is 3.42. The zero-order valence-corrected chi connectivity index (χ0v) is 11.1. The maximum atomic E-state index is 10.8. The molecule has 1 fully saturated rings. The molecule has 0 aromatic carbocycles. The molecule has 20 heavy (non-hydrogen) atoms. The van der Waals surface area contributed by atoms with E-state index in [1.165, 1.54) is 6.33 Å². The Hall–Kier alpha value is -2.15. The van der Waals surface area contributed by atoms with E-state index in [-0.39, 0.29) is 6.10 Å². The van der Waals surface area contributed by atoms with Crippen LogP contribution in [0.5, 0.6) is 0 Å². The van der Waals surface area contributed by atoms with Gasteiger partial charge >= 0.3 is 5.97 Å². The maximum absolute atomic E-state index is 10.8. The van der Waals surface area contributed by atoms with E-state index in [9.17, 15) is 4.79 Å². The molecule has 1 aliphatic heterocycles. The zero-order chi connectivity index (χ0) is 14.1. The van der Waals surface area contributed by atoms with Gasteiger partial charge in [0, 0.05) is 6.54 Å². The summed E-state index contributed by atoms with van der Waals surface area (Å²) in [5.74, 6) is -0.0541. The fraction of sp³-hybridized carbons (Fsp3) is 0.462. The van der Waals surface area contributed by atoms with Crippen molar-refractivity contribution in [1.29, 1.82) is 0 Å². The number of ether oxygens (including phenoxy) is 1. The Morgan fingerprint density at radius 2 is 2.40 bits per heavy atom. The van der Waals surface area contributed by atoms with Crippen molar-refractivity contribution in [2.45, 2.75) is 32.0 Å². The molecule has 7 heteroatoms. The molecular weight excluding hydrogens is 260 g/mol. The Balaban J connectivity index is 1.68. The largest absolute Gasteiger partial charge is 0.479 e. The first-order valence-electron chi connectivity index (χ1n) is 6.56. The summed E-state index contributed by atoms with van der Waals surface area (Å²) in [4.78, 5) is 15.0. The van der Waals surface area contributed by atoms with Crippen molar-refractivity contribution in [3.05, 3.63) is 24.0 Å². The van der Waals surface area contributed by atoms with E-state index >= 15 is 0 Å². The monoisotopic (exact) mass is 276 g/mol. The molecule has 0 spiro atoms. The molecule has 1 aliphatic rings. The summed E-state index contributed by atoms with van der Waals surface area (Å²) in [5, 5.41) is 16.3. The highest BCUT2D eigenvalue weighted by atomic mass is 16.5. The lowest BCUT2D eigenvalue weighted by molar-refractivity contribution is -0.149. The predicted molar refractivity (Wildman–Crippen MR) is 71.7 cm³/mol. The summed E-state index contributed by atoms with van der Waals surface area (Å²) >= 11 is 0. The van der Waals surface area contributed by atoms with Gasteiger partial charge in [0.1, 0.15) is 12.1 Å². The number of pyridine rings is 1. The average Bonchev–Trinajstić information content (AvgIpc) is 3.04. The fourth-order valence-electron chi connectivity index (χ4n) is 2.44. The van der Waals surface area contributed by atoms with Crippen molar-refractivity contribution in [3.63, 3.8) is 0 Å². The number of nitrogens with one attached hydrogen (secondary N) is 1. The van der Waals surface area contributed by atoms with Crippen molar-refractivity contribution >= 4 is 17.4 Å². The Bertz CT molecular complexity index is 640. The van der Waals surface area contributed by atoms with E-state index in [1.54, 1.807) is 4.52 Å². The molecule has 3 rings (SSSR count). The molecule has 3 heterocycles. The summed E-state index contributed by atoms with van der Waals surface area (Å²) < 4.78 is 7.18. The number of aromatic nitrogens is 3. The molecule has 2 unspecified atom stereocenters. The second-order valence-corrected chi connectivity index (χ2v) is 4.99. The maximum Gasteiger partial charge on any atom is 0.332 e. The number of carbonyl (C=O) groups is 1. The molecule has 2 N–H and O–H groups in total. The highest BCUT2D eigenvalue weighted by Gasteiger charge is 2.30. The SMILES string of the molecule is Cc1cc(NCC2CCC(C(=O)O)O2)n2ncnc2c1. The summed E-state index contributed by atoms with van der Waals surface area (Å²) in [7, 11) is 0. The van der Waals surface area contributed by atoms with Gasteiger partial charge in [0.2, 0.25) is 0 Å². The second-order valence-electron chi connectivity index (χ2n) is 4.99. The minimum atomic E-state index is -0.887. The van der Waals surface area contributed by atoms with Crippen molar-refractivity contribution in [2.24, 2.45) is 0 Å². The first-order valence-corrected chi connectivity index (χ1v) is 6.56. The normalized spacial score (nSPS) is 22.2.